The molecule has 11 rings (SSSR count). The number of carbonyl (C=O) groups is 5. The predicted molar refractivity (Wildman–Crippen MR) is 398 cm³/mol. The van der Waals surface area contributed by atoms with E-state index in [1.54, 1.807) is 69.3 Å². The third-order valence-electron chi connectivity index (χ3n) is 14.3. The van der Waals surface area contributed by atoms with Gasteiger partial charge in [0.2, 0.25) is 55.4 Å². The molecule has 9 heterocycles. The fourth-order valence-corrected chi connectivity index (χ4v) is 12.6. The highest BCUT2D eigenvalue weighted by Crippen LogP contribution is 2.29. The van der Waals surface area contributed by atoms with E-state index in [2.05, 4.69) is 51.9 Å². The van der Waals surface area contributed by atoms with Gasteiger partial charge in [-0.15, -0.1) is 12.4 Å². The average Bonchev–Trinajstić information content (AvgIpc) is 0.781. The number of halogens is 7. The van der Waals surface area contributed by atoms with Crippen LogP contribution in [0.1, 0.15) is 62.3 Å². The largest absolute Gasteiger partial charge is 0.478 e. The Kier molecular flexibility index (Phi) is 34.1. The number of benzene rings is 2. The lowest BCUT2D eigenvalue weighted by Gasteiger charge is -2.37. The van der Waals surface area contributed by atoms with Crippen LogP contribution in [0.5, 0.6) is 0 Å². The van der Waals surface area contributed by atoms with Gasteiger partial charge in [0, 0.05) is 123 Å². The molecule has 6 aromatic rings. The van der Waals surface area contributed by atoms with Crippen molar-refractivity contribution in [2.24, 2.45) is 11.5 Å². The minimum absolute atomic E-state index is 0. The van der Waals surface area contributed by atoms with Crippen LogP contribution in [0.25, 0.3) is 44.3 Å². The van der Waals surface area contributed by atoms with Crippen molar-refractivity contribution >= 4 is 136 Å². The summed E-state index contributed by atoms with van der Waals surface area (Å²) in [7, 11) is -11.0. The van der Waals surface area contributed by atoms with Crippen molar-refractivity contribution in [2.45, 2.75) is 89.1 Å². The van der Waals surface area contributed by atoms with Crippen molar-refractivity contribution in [3.8, 4) is 22.5 Å². The van der Waals surface area contributed by atoms with E-state index >= 15 is 0 Å². The van der Waals surface area contributed by atoms with Gasteiger partial charge in [-0.1, -0.05) is 24.3 Å². The molecule has 34 nitrogen and oxygen atoms in total. The number of nitrogen functional groups attached to an aromatic ring is 2. The fourth-order valence-electron chi connectivity index (χ4n) is 8.93. The number of carbonyl (C=O) groups excluding carboxylic acids is 4. The Morgan fingerprint density at radius 1 is 0.556 bits per heavy atom. The van der Waals surface area contributed by atoms with Gasteiger partial charge in [-0.2, -0.15) is 30.4 Å². The number of aromatic carboxylic acids is 1. The topological polar surface area (TPSA) is 511 Å². The molecular formula is C62H87Cl2F5N16O18S5. The zero-order valence-electron chi connectivity index (χ0n) is 60.1. The number of pyridine rings is 4. The summed E-state index contributed by atoms with van der Waals surface area (Å²) in [6.45, 7) is 15.6. The summed E-state index contributed by atoms with van der Waals surface area (Å²) in [6, 6.07) is 18.5. The molecule has 0 atom stereocenters. The molecule has 2 aromatic carbocycles. The van der Waals surface area contributed by atoms with Gasteiger partial charge < -0.3 is 58.8 Å². The van der Waals surface area contributed by atoms with Crippen molar-refractivity contribution < 1.29 is 103 Å². The minimum Gasteiger partial charge on any atom is -0.478 e. The quantitative estimate of drug-likeness (QED) is 0.0510. The Bertz CT molecular complexity index is 4690. The zero-order chi connectivity index (χ0) is 81.3. The lowest BCUT2D eigenvalue weighted by atomic mass is 10.1. The second-order valence-corrected chi connectivity index (χ2v) is 37.3. The molecule has 4 aromatic heterocycles. The molecule has 5 aliphatic rings. The second-order valence-electron chi connectivity index (χ2n) is 26.3. The molecule has 0 aliphatic carbocycles. The summed E-state index contributed by atoms with van der Waals surface area (Å²) in [5.74, 6) is -1.96. The van der Waals surface area contributed by atoms with Crippen LogP contribution in [0.3, 0.4) is 0 Å². The number of ether oxygens (including phenoxy) is 2. The number of nitrogens with one attached hydrogen (secondary N) is 4. The number of amides is 3. The van der Waals surface area contributed by atoms with Crippen LogP contribution >= 0.6 is 23.1 Å². The Hall–Kier alpha value is -7.99. The van der Waals surface area contributed by atoms with Gasteiger partial charge in [0.25, 0.3) is 5.91 Å². The Labute approximate surface area is 632 Å². The predicted octanol–water partition coefficient (Wildman–Crippen LogP) is 3.28. The molecule has 602 valence electrons. The Balaban J connectivity index is 0.000000340. The van der Waals surface area contributed by atoms with Crippen LogP contribution in [0.15, 0.2) is 85.2 Å². The maximum atomic E-state index is 13.5. The third kappa shape index (κ3) is 33.1. The SMILES string of the molecule is CC(C)(C)OC(=O)NC1CN(S(C)(=O)=O)C1.CC(C)(C)OC(=O)NC1CNC1.CS(=O)(=O)Cl.CS(=O)(=O)N1CC(N)C1.CS(=O)(=O)N1CC(N)C1.CS(=O)(=O)N1CC(NC(=O)c2cnc(N)c3nc(-c4cccc(F)c4)ccc23)C1.Cl.Nc1ncc(C(=O)O)c2ccc(-c3cccc(F)c3)nc12.O=CC(F)(F)F. The number of nitrogens with zero attached hydrogens (tertiary/aromatic N) is 8. The first-order valence-corrected chi connectivity index (χ1v) is 41.6. The zero-order valence-corrected chi connectivity index (χ0v) is 65.8. The first-order valence-electron chi connectivity index (χ1n) is 31.5. The van der Waals surface area contributed by atoms with Gasteiger partial charge in [-0.25, -0.2) is 85.2 Å². The number of anilines is 2. The molecule has 0 saturated carbocycles. The number of alkyl halides is 3. The summed E-state index contributed by atoms with van der Waals surface area (Å²) >= 11 is 0. The minimum atomic E-state index is -4.64. The van der Waals surface area contributed by atoms with E-state index in [1.165, 1.54) is 66.4 Å². The van der Waals surface area contributed by atoms with Crippen LogP contribution < -0.4 is 44.2 Å². The smallest absolute Gasteiger partial charge is 0.446 e. The number of aromatic nitrogens is 4. The highest BCUT2D eigenvalue weighted by atomic mass is 35.7. The molecule has 5 fully saturated rings. The van der Waals surface area contributed by atoms with Crippen molar-refractivity contribution in [2.75, 3.05) is 108 Å². The number of nitrogens with two attached hydrogens (primary N) is 4. The standard InChI is InChI=1S/C19H18FN5O3S.C15H10FN3O2.C9H18N2O4S.C8H16N2O2.2C4H10N2O2S.C2HF3O.CH3ClO2S.ClH/c1-29(27,28)25-9-13(10-25)23-19(26)15-8-22-18(21)17-14(15)5-6-16(24-17)11-3-2-4-12(20)7-11;16-9-3-1-2-8(6-9)12-5-4-10-11(15(20)21)7-18-14(17)13(10)19-12;1-9(2,3)15-8(12)10-7-5-11(6-7)16(4,13)14;1-8(2,3)12-7(11)10-6-4-9-5-6;2*1-9(7,8)6-2-4(5)3-6;3-2(4,5)1-6;1-5(2,3)4;/h2-8,13H,9-10H2,1H3,(H2,21,22)(H,23,26);1-7H,(H2,17,18)(H,20,21);7H,5-6H2,1-4H3,(H,10,12);6,9H,4-5H2,1-3H3,(H,10,11);2*4H,2-3,5H2,1H3;1H;1H3;1H. The van der Waals surface area contributed by atoms with Gasteiger partial charge >= 0.3 is 24.3 Å². The van der Waals surface area contributed by atoms with Crippen LogP contribution in [0, 0.1) is 11.6 Å². The molecule has 3 amide bonds. The second kappa shape index (κ2) is 39.1. The summed E-state index contributed by atoms with van der Waals surface area (Å²) in [5.41, 5.74) is 24.6. The van der Waals surface area contributed by atoms with Crippen molar-refractivity contribution in [1.82, 2.24) is 58.4 Å². The summed E-state index contributed by atoms with van der Waals surface area (Å²) < 4.78 is 180. The fraction of sp³-hybridized carbons (Fsp3) is 0.468. The summed E-state index contributed by atoms with van der Waals surface area (Å²) in [4.78, 5) is 71.7. The molecule has 108 heavy (non-hydrogen) atoms. The van der Waals surface area contributed by atoms with Crippen LogP contribution in [-0.2, 0) is 63.4 Å². The summed E-state index contributed by atoms with van der Waals surface area (Å²) in [5, 5.41) is 21.3. The number of rotatable bonds is 11. The first-order chi connectivity index (χ1) is 48.9. The normalized spacial score (nSPS) is 16.1. The third-order valence-corrected chi connectivity index (χ3v) is 19.2. The van der Waals surface area contributed by atoms with E-state index in [0.717, 1.165) is 31.9 Å². The highest BCUT2D eigenvalue weighted by molar-refractivity contribution is 8.13. The molecule has 13 N–H and O–H groups in total. The van der Waals surface area contributed by atoms with Crippen LogP contribution in [0.4, 0.5) is 43.2 Å². The number of alkyl carbamates (subject to hydrolysis) is 2. The number of fused-ring (bicyclic) bond motifs is 2. The molecule has 0 radical (unpaired) electrons. The number of carboxylic acids is 1. The maximum absolute atomic E-state index is 13.5. The van der Waals surface area contributed by atoms with E-state index in [1.807, 2.05) is 20.8 Å². The van der Waals surface area contributed by atoms with Crippen molar-refractivity contribution in [3.05, 3.63) is 108 Å². The van der Waals surface area contributed by atoms with E-state index in [0.29, 0.717) is 78.1 Å². The van der Waals surface area contributed by atoms with Gasteiger partial charge in [-0.3, -0.25) is 9.59 Å². The van der Waals surface area contributed by atoms with Gasteiger partial charge in [0.1, 0.15) is 45.5 Å². The van der Waals surface area contributed by atoms with E-state index in [-0.39, 0.29) is 108 Å². The van der Waals surface area contributed by atoms with Gasteiger partial charge in [-0.05, 0) is 90.1 Å². The monoisotopic (exact) mass is 1670 g/mol. The molecule has 46 heteroatoms. The number of hydrogen-bond acceptors (Lipinski definition) is 26. The number of aldehydes is 1. The highest BCUT2D eigenvalue weighted by Gasteiger charge is 2.37. The van der Waals surface area contributed by atoms with E-state index < -0.39 is 84.9 Å². The molecule has 5 saturated heterocycles. The number of hydrogen-bond donors (Lipinski definition) is 9. The lowest BCUT2D eigenvalue weighted by Crippen LogP contribution is -2.61. The van der Waals surface area contributed by atoms with Gasteiger partial charge in [0.15, 0.2) is 0 Å². The molecular weight excluding hydrogens is 1580 g/mol. The average molecular weight is 1670 g/mol. The molecule has 0 spiro atoms. The van der Waals surface area contributed by atoms with Gasteiger partial charge in [0.05, 0.1) is 71.9 Å². The molecule has 0 bridgehead atoms. The maximum Gasteiger partial charge on any atom is 0.446 e. The lowest BCUT2D eigenvalue weighted by molar-refractivity contribution is -0.156. The number of carboxylic acid groups (broad SMARTS) is 1. The van der Waals surface area contributed by atoms with E-state index in [4.69, 9.17) is 42.3 Å². The summed E-state index contributed by atoms with van der Waals surface area (Å²) in [6.07, 6.45) is 1.62. The number of sulfonamides is 4. The molecule has 5 aliphatic heterocycles. The first kappa shape index (κ1) is 94.2. The van der Waals surface area contributed by atoms with Crippen LogP contribution in [0.2, 0.25) is 0 Å². The Morgan fingerprint density at radius 3 is 1.15 bits per heavy atom. The van der Waals surface area contributed by atoms with Crippen molar-refractivity contribution in [1.29, 1.82) is 0 Å². The Morgan fingerprint density at radius 2 is 0.870 bits per heavy atom. The molecule has 0 unspecified atom stereocenters. The van der Waals surface area contributed by atoms with Crippen molar-refractivity contribution in [3.63, 3.8) is 0 Å². The van der Waals surface area contributed by atoms with Crippen LogP contribution in [-0.4, -0.2) is 259 Å². The van der Waals surface area contributed by atoms with E-state index in [9.17, 15) is 83.2 Å².